The smallest absolute Gasteiger partial charge is 0.130 e. The highest BCUT2D eigenvalue weighted by Gasteiger charge is 2.24. The lowest BCUT2D eigenvalue weighted by Crippen LogP contribution is -2.44. The molecule has 1 aliphatic rings. The number of hydrogen-bond donors (Lipinski definition) is 1. The Morgan fingerprint density at radius 1 is 1.19 bits per heavy atom. The molecule has 3 aromatic heterocycles. The summed E-state index contributed by atoms with van der Waals surface area (Å²) in [7, 11) is 4.13. The molecule has 0 aliphatic carbocycles. The summed E-state index contributed by atoms with van der Waals surface area (Å²) in [5.41, 5.74) is 7.15. The molecule has 1 N–H and O–H groups in total. The van der Waals surface area contributed by atoms with Crippen molar-refractivity contribution in [2.24, 2.45) is 0 Å². The Balaban J connectivity index is 1.81. The molecule has 0 saturated carbocycles. The monoisotopic (exact) mass is 428 g/mol. The van der Waals surface area contributed by atoms with E-state index in [0.717, 1.165) is 57.0 Å². The second-order valence-electron chi connectivity index (χ2n) is 8.57. The highest BCUT2D eigenvalue weighted by molar-refractivity contribution is 6.03. The number of nitrogens with one attached hydrogen (secondary N) is 1. The summed E-state index contributed by atoms with van der Waals surface area (Å²) in [6.07, 6.45) is 3.68. The fourth-order valence-corrected chi connectivity index (χ4v) is 4.37. The minimum absolute atomic E-state index is 0.253. The molecule has 0 spiro atoms. The van der Waals surface area contributed by atoms with E-state index in [9.17, 15) is 0 Å². The van der Waals surface area contributed by atoms with Gasteiger partial charge in [-0.3, -0.25) is 10.1 Å². The Kier molecular flexibility index (Phi) is 5.27. The molecule has 0 amide bonds. The number of ether oxygens (including phenoxy) is 1. The Morgan fingerprint density at radius 2 is 2.06 bits per heavy atom. The van der Waals surface area contributed by atoms with Crippen LogP contribution in [-0.2, 0) is 4.74 Å². The second-order valence-corrected chi connectivity index (χ2v) is 8.57. The van der Waals surface area contributed by atoms with E-state index in [1.165, 1.54) is 0 Å². The van der Waals surface area contributed by atoms with Crippen LogP contribution in [0.2, 0.25) is 0 Å². The van der Waals surface area contributed by atoms with Crippen LogP contribution in [0.1, 0.15) is 12.5 Å². The molecular formula is C25H28N6O. The number of benzene rings is 1. The number of aryl methyl sites for hydroxylation is 1. The van der Waals surface area contributed by atoms with Gasteiger partial charge in [-0.2, -0.15) is 5.10 Å². The molecule has 0 radical (unpaired) electrons. The van der Waals surface area contributed by atoms with E-state index in [-0.39, 0.29) is 6.04 Å². The van der Waals surface area contributed by atoms with Crippen molar-refractivity contribution in [1.29, 1.82) is 0 Å². The van der Waals surface area contributed by atoms with Gasteiger partial charge in [-0.1, -0.05) is 12.1 Å². The van der Waals surface area contributed by atoms with Gasteiger partial charge in [0.15, 0.2) is 0 Å². The molecule has 5 rings (SSSR count). The van der Waals surface area contributed by atoms with E-state index in [1.807, 2.05) is 12.3 Å². The average molecular weight is 429 g/mol. The van der Waals surface area contributed by atoms with Gasteiger partial charge in [-0.15, -0.1) is 0 Å². The molecule has 4 heterocycles. The van der Waals surface area contributed by atoms with E-state index in [2.05, 4.69) is 78.3 Å². The number of morpholine rings is 1. The highest BCUT2D eigenvalue weighted by atomic mass is 16.5. The van der Waals surface area contributed by atoms with Gasteiger partial charge in [-0.05, 0) is 54.8 Å². The normalized spacial score (nSPS) is 16.5. The largest absolute Gasteiger partial charge is 0.378 e. The Bertz CT molecular complexity index is 1250. The quantitative estimate of drug-likeness (QED) is 0.523. The number of rotatable bonds is 4. The summed E-state index contributed by atoms with van der Waals surface area (Å²) in [5.74, 6) is 0.951. The van der Waals surface area contributed by atoms with Crippen LogP contribution >= 0.6 is 0 Å². The van der Waals surface area contributed by atoms with Crippen LogP contribution in [0, 0.1) is 6.92 Å². The van der Waals surface area contributed by atoms with Crippen molar-refractivity contribution in [3.05, 3.63) is 54.4 Å². The van der Waals surface area contributed by atoms with Gasteiger partial charge in [0.1, 0.15) is 17.0 Å². The lowest BCUT2D eigenvalue weighted by Gasteiger charge is -2.34. The molecule has 32 heavy (non-hydrogen) atoms. The Labute approximate surface area is 188 Å². The second kappa shape index (κ2) is 8.24. The minimum atomic E-state index is 0.253. The van der Waals surface area contributed by atoms with Crippen LogP contribution in [0.5, 0.6) is 0 Å². The van der Waals surface area contributed by atoms with E-state index in [4.69, 9.17) is 14.7 Å². The van der Waals surface area contributed by atoms with Crippen molar-refractivity contribution in [1.82, 2.24) is 20.2 Å². The molecule has 164 valence electrons. The maximum Gasteiger partial charge on any atom is 0.130 e. The molecule has 1 atom stereocenters. The average Bonchev–Trinajstić information content (AvgIpc) is 3.34. The van der Waals surface area contributed by atoms with Crippen LogP contribution in [0.25, 0.3) is 33.4 Å². The zero-order valence-corrected chi connectivity index (χ0v) is 19.0. The summed E-state index contributed by atoms with van der Waals surface area (Å²) >= 11 is 0. The number of anilines is 2. The number of fused-ring (bicyclic) bond motifs is 1. The van der Waals surface area contributed by atoms with Crippen LogP contribution in [0.15, 0.2) is 48.8 Å². The van der Waals surface area contributed by atoms with Gasteiger partial charge in [0.05, 0.1) is 24.9 Å². The predicted molar refractivity (Wildman–Crippen MR) is 129 cm³/mol. The van der Waals surface area contributed by atoms with E-state index >= 15 is 0 Å². The predicted octanol–water partition coefficient (Wildman–Crippen LogP) is 4.29. The lowest BCUT2D eigenvalue weighted by molar-refractivity contribution is 0.0986. The maximum atomic E-state index is 5.68. The van der Waals surface area contributed by atoms with Crippen molar-refractivity contribution in [2.75, 3.05) is 43.7 Å². The van der Waals surface area contributed by atoms with Crippen LogP contribution in [-0.4, -0.2) is 60.1 Å². The van der Waals surface area contributed by atoms with Crippen LogP contribution in [0.3, 0.4) is 0 Å². The zero-order chi connectivity index (χ0) is 22.2. The molecule has 1 unspecified atom stereocenters. The van der Waals surface area contributed by atoms with Crippen molar-refractivity contribution in [3.8, 4) is 22.5 Å². The van der Waals surface area contributed by atoms with Crippen LogP contribution in [0.4, 0.5) is 11.5 Å². The number of pyridine rings is 2. The first-order chi connectivity index (χ1) is 15.5. The molecule has 7 heteroatoms. The third-order valence-electron chi connectivity index (χ3n) is 6.10. The first kappa shape index (κ1) is 20.5. The van der Waals surface area contributed by atoms with E-state index in [0.29, 0.717) is 13.2 Å². The first-order valence-electron chi connectivity index (χ1n) is 10.9. The maximum absolute atomic E-state index is 5.68. The lowest BCUT2D eigenvalue weighted by atomic mass is 9.96. The highest BCUT2D eigenvalue weighted by Crippen LogP contribution is 2.38. The molecule has 1 aromatic carbocycles. The molecular weight excluding hydrogens is 400 g/mol. The SMILES string of the molecule is Cc1cnc(-c2ccn[nH]2)c2nc(N3CCOCC3C)cc(-c3cccc(N(C)C)c3)c12. The molecule has 7 nitrogen and oxygen atoms in total. The third-order valence-corrected chi connectivity index (χ3v) is 6.10. The number of aromatic amines is 1. The molecule has 4 aromatic rings. The fraction of sp³-hybridized carbons (Fsp3) is 0.320. The number of H-pyrrole nitrogens is 1. The van der Waals surface area contributed by atoms with Crippen molar-refractivity contribution < 1.29 is 4.74 Å². The van der Waals surface area contributed by atoms with E-state index < -0.39 is 0 Å². The van der Waals surface area contributed by atoms with E-state index in [1.54, 1.807) is 6.20 Å². The van der Waals surface area contributed by atoms with Gasteiger partial charge in [0.2, 0.25) is 0 Å². The van der Waals surface area contributed by atoms with Crippen molar-refractivity contribution in [3.63, 3.8) is 0 Å². The van der Waals surface area contributed by atoms with Gasteiger partial charge >= 0.3 is 0 Å². The van der Waals surface area contributed by atoms with Crippen molar-refractivity contribution in [2.45, 2.75) is 19.9 Å². The molecule has 0 bridgehead atoms. The summed E-state index contributed by atoms with van der Waals surface area (Å²) in [5, 5.41) is 8.32. The van der Waals surface area contributed by atoms with Gasteiger partial charge in [0, 0.05) is 44.1 Å². The van der Waals surface area contributed by atoms with Crippen LogP contribution < -0.4 is 9.80 Å². The molecule has 1 fully saturated rings. The third kappa shape index (κ3) is 3.58. The molecule has 1 aliphatic heterocycles. The number of hydrogen-bond acceptors (Lipinski definition) is 6. The number of aromatic nitrogens is 4. The van der Waals surface area contributed by atoms with Gasteiger partial charge < -0.3 is 14.5 Å². The topological polar surface area (TPSA) is 70.2 Å². The summed E-state index contributed by atoms with van der Waals surface area (Å²) in [6.45, 7) is 6.50. The Morgan fingerprint density at radius 3 is 2.81 bits per heavy atom. The standard InChI is InChI=1S/C25H28N6O/c1-16-14-26-24(21-8-9-27-29-21)25-23(16)20(18-6-5-7-19(12-18)30(3)4)13-22(28-25)31-10-11-32-15-17(31)2/h5-9,12-14,17H,10-11,15H2,1-4H3,(H,27,29). The first-order valence-corrected chi connectivity index (χ1v) is 10.9. The Hall–Kier alpha value is -3.45. The number of nitrogens with zero attached hydrogens (tertiary/aromatic N) is 5. The fourth-order valence-electron chi connectivity index (χ4n) is 4.37. The summed E-state index contributed by atoms with van der Waals surface area (Å²) in [6, 6.07) is 13.1. The van der Waals surface area contributed by atoms with Crippen molar-refractivity contribution >= 4 is 22.4 Å². The zero-order valence-electron chi connectivity index (χ0n) is 19.0. The summed E-state index contributed by atoms with van der Waals surface area (Å²) in [4.78, 5) is 14.4. The van der Waals surface area contributed by atoms with Gasteiger partial charge in [-0.25, -0.2) is 4.98 Å². The minimum Gasteiger partial charge on any atom is -0.378 e. The molecule has 1 saturated heterocycles. The van der Waals surface area contributed by atoms with Gasteiger partial charge in [0.25, 0.3) is 0 Å². The summed E-state index contributed by atoms with van der Waals surface area (Å²) < 4.78 is 5.68.